The number of aryl methyl sites for hydroxylation is 1. The van der Waals surface area contributed by atoms with Gasteiger partial charge < -0.3 is 9.73 Å². The standard InChI is InChI=1S/C25H26N6O3S/c1-15(2)35(32,33)22-10-9-19(11-20(22)12-26)21-14-28-16(3)23(29-21)25-31-30-24(34-25)18-7-5-17(6-8-18)13-27-4/h5-11,14-15,27,32-33H,13H2,1-4H3. The molecule has 2 aromatic carbocycles. The van der Waals surface area contributed by atoms with E-state index in [0.29, 0.717) is 28.5 Å². The minimum Gasteiger partial charge on any atom is -0.415 e. The largest absolute Gasteiger partial charge is 0.415 e. The molecule has 0 aliphatic heterocycles. The van der Waals surface area contributed by atoms with Crippen molar-refractivity contribution in [2.45, 2.75) is 37.5 Å². The molecule has 0 atom stereocenters. The Hall–Kier alpha value is -3.62. The van der Waals surface area contributed by atoms with E-state index in [-0.39, 0.29) is 16.3 Å². The van der Waals surface area contributed by atoms with Gasteiger partial charge in [0.25, 0.3) is 5.89 Å². The van der Waals surface area contributed by atoms with E-state index in [4.69, 9.17) is 4.42 Å². The Morgan fingerprint density at radius 1 is 1.06 bits per heavy atom. The Morgan fingerprint density at radius 2 is 1.74 bits per heavy atom. The van der Waals surface area contributed by atoms with Gasteiger partial charge in [0.05, 0.1) is 28.0 Å². The number of nitrogens with zero attached hydrogens (tertiary/aromatic N) is 5. The summed E-state index contributed by atoms with van der Waals surface area (Å²) in [7, 11) is -1.21. The molecule has 0 saturated carbocycles. The smallest absolute Gasteiger partial charge is 0.268 e. The van der Waals surface area contributed by atoms with Crippen LogP contribution in [-0.4, -0.2) is 41.6 Å². The maximum Gasteiger partial charge on any atom is 0.268 e. The van der Waals surface area contributed by atoms with Gasteiger partial charge in [0.15, 0.2) is 0 Å². The van der Waals surface area contributed by atoms with E-state index in [1.54, 1.807) is 45.2 Å². The minimum absolute atomic E-state index is 0.182. The first-order valence-corrected chi connectivity index (χ1v) is 12.6. The molecule has 10 heteroatoms. The van der Waals surface area contributed by atoms with Crippen LogP contribution in [0.5, 0.6) is 0 Å². The summed E-state index contributed by atoms with van der Waals surface area (Å²) in [4.78, 5) is 9.32. The molecule has 0 aliphatic carbocycles. The van der Waals surface area contributed by atoms with Gasteiger partial charge >= 0.3 is 0 Å². The molecule has 0 bridgehead atoms. The van der Waals surface area contributed by atoms with Gasteiger partial charge in [-0.1, -0.05) is 18.2 Å². The molecule has 0 fully saturated rings. The predicted octanol–water partition coefficient (Wildman–Crippen LogP) is 5.28. The second-order valence-corrected chi connectivity index (χ2v) is 10.9. The van der Waals surface area contributed by atoms with Gasteiger partial charge in [-0.05, 0) is 57.6 Å². The van der Waals surface area contributed by atoms with Gasteiger partial charge in [0.2, 0.25) is 5.89 Å². The zero-order valence-corrected chi connectivity index (χ0v) is 20.7. The SMILES string of the molecule is CNCc1ccc(-c2nnc(-c3nc(-c4ccc(S(O)(O)C(C)C)c(C#N)c4)cnc3C)o2)cc1. The fourth-order valence-electron chi connectivity index (χ4n) is 3.49. The average Bonchev–Trinajstić information content (AvgIpc) is 3.34. The van der Waals surface area contributed by atoms with E-state index < -0.39 is 15.8 Å². The van der Waals surface area contributed by atoms with Gasteiger partial charge in [-0.15, -0.1) is 10.2 Å². The number of benzene rings is 2. The topological polar surface area (TPSA) is 141 Å². The van der Waals surface area contributed by atoms with Crippen LogP contribution in [0.25, 0.3) is 34.3 Å². The lowest BCUT2D eigenvalue weighted by Gasteiger charge is -2.37. The third-order valence-electron chi connectivity index (χ3n) is 5.54. The van der Waals surface area contributed by atoms with Crippen molar-refractivity contribution in [1.29, 1.82) is 5.26 Å². The lowest BCUT2D eigenvalue weighted by Crippen LogP contribution is -2.12. The monoisotopic (exact) mass is 490 g/mol. The molecular weight excluding hydrogens is 464 g/mol. The molecule has 0 amide bonds. The lowest BCUT2D eigenvalue weighted by molar-refractivity contribution is 0.476. The minimum atomic E-state index is -3.10. The Kier molecular flexibility index (Phi) is 6.95. The first kappa shape index (κ1) is 24.5. The van der Waals surface area contributed by atoms with E-state index >= 15 is 0 Å². The van der Waals surface area contributed by atoms with Crippen LogP contribution >= 0.6 is 10.6 Å². The summed E-state index contributed by atoms with van der Waals surface area (Å²) < 4.78 is 27.0. The Balaban J connectivity index is 1.68. The number of hydrogen-bond donors (Lipinski definition) is 3. The summed E-state index contributed by atoms with van der Waals surface area (Å²) in [5, 5.41) is 20.7. The van der Waals surface area contributed by atoms with Crippen LogP contribution in [0.15, 0.2) is 58.0 Å². The molecule has 0 radical (unpaired) electrons. The highest BCUT2D eigenvalue weighted by atomic mass is 32.3. The third kappa shape index (κ3) is 4.94. The van der Waals surface area contributed by atoms with Crippen LogP contribution in [0, 0.1) is 18.3 Å². The van der Waals surface area contributed by atoms with Crippen LogP contribution in [-0.2, 0) is 6.54 Å². The fourth-order valence-corrected chi connectivity index (χ4v) is 4.69. The normalized spacial score (nSPS) is 12.1. The molecule has 2 heterocycles. The van der Waals surface area contributed by atoms with Crippen molar-refractivity contribution in [2.24, 2.45) is 0 Å². The molecule has 4 aromatic rings. The molecular formula is C25H26N6O3S. The summed E-state index contributed by atoms with van der Waals surface area (Å²) in [6.45, 7) is 5.97. The van der Waals surface area contributed by atoms with Crippen LogP contribution in [0.1, 0.15) is 30.7 Å². The van der Waals surface area contributed by atoms with Crippen molar-refractivity contribution in [2.75, 3.05) is 7.05 Å². The maximum atomic E-state index is 10.5. The van der Waals surface area contributed by atoms with Crippen LogP contribution in [0.3, 0.4) is 0 Å². The first-order valence-electron chi connectivity index (χ1n) is 11.0. The highest BCUT2D eigenvalue weighted by Gasteiger charge is 2.24. The predicted molar refractivity (Wildman–Crippen MR) is 135 cm³/mol. The van der Waals surface area contributed by atoms with Crippen molar-refractivity contribution in [3.8, 4) is 40.4 Å². The average molecular weight is 491 g/mol. The van der Waals surface area contributed by atoms with Gasteiger partial charge in [0.1, 0.15) is 11.8 Å². The Labute approximate surface area is 205 Å². The van der Waals surface area contributed by atoms with Crippen LogP contribution in [0.4, 0.5) is 0 Å². The molecule has 0 saturated heterocycles. The first-order chi connectivity index (χ1) is 16.7. The summed E-state index contributed by atoms with van der Waals surface area (Å²) in [6.07, 6.45) is 1.59. The van der Waals surface area contributed by atoms with Crippen molar-refractivity contribution in [3.63, 3.8) is 0 Å². The summed E-state index contributed by atoms with van der Waals surface area (Å²) in [6, 6.07) is 14.7. The van der Waals surface area contributed by atoms with E-state index in [9.17, 15) is 14.4 Å². The molecule has 35 heavy (non-hydrogen) atoms. The lowest BCUT2D eigenvalue weighted by atomic mass is 10.1. The van der Waals surface area contributed by atoms with Gasteiger partial charge in [0, 0.05) is 22.9 Å². The van der Waals surface area contributed by atoms with E-state index in [2.05, 4.69) is 31.6 Å². The van der Waals surface area contributed by atoms with Gasteiger partial charge in [-0.25, -0.2) is 4.98 Å². The maximum absolute atomic E-state index is 10.5. The van der Waals surface area contributed by atoms with Crippen molar-refractivity contribution in [3.05, 3.63) is 65.5 Å². The highest BCUT2D eigenvalue weighted by molar-refractivity contribution is 8.24. The zero-order chi connectivity index (χ0) is 25.2. The number of nitriles is 1. The molecule has 0 spiro atoms. The van der Waals surface area contributed by atoms with Crippen molar-refractivity contribution in [1.82, 2.24) is 25.5 Å². The summed E-state index contributed by atoms with van der Waals surface area (Å²) >= 11 is 0. The number of hydrogen-bond acceptors (Lipinski definition) is 9. The zero-order valence-electron chi connectivity index (χ0n) is 19.9. The van der Waals surface area contributed by atoms with Crippen molar-refractivity contribution < 1.29 is 13.5 Å². The van der Waals surface area contributed by atoms with Gasteiger partial charge in [-0.3, -0.25) is 14.1 Å². The Morgan fingerprint density at radius 3 is 2.40 bits per heavy atom. The van der Waals surface area contributed by atoms with Crippen molar-refractivity contribution >= 4 is 10.6 Å². The fraction of sp³-hybridized carbons (Fsp3) is 0.240. The Bertz CT molecular complexity index is 1390. The third-order valence-corrected chi connectivity index (χ3v) is 7.86. The van der Waals surface area contributed by atoms with Crippen LogP contribution in [0.2, 0.25) is 0 Å². The van der Waals surface area contributed by atoms with E-state index in [1.165, 1.54) is 0 Å². The summed E-state index contributed by atoms with van der Waals surface area (Å²) in [5.41, 5.74) is 4.26. The van der Waals surface area contributed by atoms with Gasteiger partial charge in [-0.2, -0.15) is 15.9 Å². The molecule has 3 N–H and O–H groups in total. The number of aromatic nitrogens is 4. The molecule has 180 valence electrons. The second kappa shape index (κ2) is 9.93. The molecule has 4 rings (SSSR count). The van der Waals surface area contributed by atoms with E-state index in [0.717, 1.165) is 17.7 Å². The number of rotatable bonds is 7. The summed E-state index contributed by atoms with van der Waals surface area (Å²) in [5.74, 6) is 0.606. The molecule has 9 nitrogen and oxygen atoms in total. The molecule has 0 unspecified atom stereocenters. The quantitative estimate of drug-likeness (QED) is 0.315. The second-order valence-electron chi connectivity index (χ2n) is 8.29. The number of nitrogens with one attached hydrogen (secondary N) is 1. The molecule has 2 aromatic heterocycles. The van der Waals surface area contributed by atoms with Crippen LogP contribution < -0.4 is 5.32 Å². The highest BCUT2D eigenvalue weighted by Crippen LogP contribution is 2.53. The van der Waals surface area contributed by atoms with E-state index in [1.807, 2.05) is 31.3 Å². The molecule has 0 aliphatic rings.